The maximum Gasteiger partial charge on any atom is 0.0589 e. The van der Waals surface area contributed by atoms with E-state index in [1.54, 1.807) is 7.11 Å². The number of hydrogen-bond acceptors (Lipinski definition) is 3. The summed E-state index contributed by atoms with van der Waals surface area (Å²) in [6.45, 7) is 8.65. The lowest BCUT2D eigenvalue weighted by atomic mass is 10.0. The summed E-state index contributed by atoms with van der Waals surface area (Å²) in [6.07, 6.45) is 5.23. The maximum absolute atomic E-state index is 5.57. The SMILES string of the molecule is COCCN(CC(C)CCCN)C(C)C1CC1. The molecule has 2 N–H and O–H groups in total. The van der Waals surface area contributed by atoms with Gasteiger partial charge in [0.05, 0.1) is 6.61 Å². The Balaban J connectivity index is 2.32. The summed E-state index contributed by atoms with van der Waals surface area (Å²) in [7, 11) is 1.79. The van der Waals surface area contributed by atoms with Crippen LogP contribution >= 0.6 is 0 Å². The van der Waals surface area contributed by atoms with Crippen molar-refractivity contribution in [2.24, 2.45) is 17.6 Å². The fourth-order valence-corrected chi connectivity index (χ4v) is 2.50. The fraction of sp³-hybridized carbons (Fsp3) is 1.00. The van der Waals surface area contributed by atoms with Crippen molar-refractivity contribution in [2.75, 3.05) is 33.4 Å². The van der Waals surface area contributed by atoms with Gasteiger partial charge >= 0.3 is 0 Å². The second kappa shape index (κ2) is 8.06. The Morgan fingerprint density at radius 1 is 1.35 bits per heavy atom. The molecule has 0 aliphatic heterocycles. The molecule has 0 amide bonds. The molecular weight excluding hydrogens is 212 g/mol. The molecular formula is C14H30N2O. The van der Waals surface area contributed by atoms with Crippen LogP contribution in [0.2, 0.25) is 0 Å². The van der Waals surface area contributed by atoms with Gasteiger partial charge in [-0.3, -0.25) is 4.90 Å². The Hall–Kier alpha value is -0.120. The third kappa shape index (κ3) is 5.84. The maximum atomic E-state index is 5.57. The monoisotopic (exact) mass is 242 g/mol. The largest absolute Gasteiger partial charge is 0.383 e. The highest BCUT2D eigenvalue weighted by Gasteiger charge is 2.32. The average Bonchev–Trinajstić information content (AvgIpc) is 3.15. The molecule has 1 saturated carbocycles. The summed E-state index contributed by atoms with van der Waals surface area (Å²) in [6, 6.07) is 0.727. The number of hydrogen-bond donors (Lipinski definition) is 1. The van der Waals surface area contributed by atoms with E-state index in [1.165, 1.54) is 25.8 Å². The van der Waals surface area contributed by atoms with Crippen LogP contribution < -0.4 is 5.73 Å². The van der Waals surface area contributed by atoms with Crippen LogP contribution in [0, 0.1) is 11.8 Å². The molecule has 0 aromatic heterocycles. The summed E-state index contributed by atoms with van der Waals surface area (Å²) in [4.78, 5) is 2.61. The van der Waals surface area contributed by atoms with E-state index in [-0.39, 0.29) is 0 Å². The highest BCUT2D eigenvalue weighted by Crippen LogP contribution is 2.35. The van der Waals surface area contributed by atoms with Gasteiger partial charge in [-0.15, -0.1) is 0 Å². The van der Waals surface area contributed by atoms with Crippen LogP contribution in [0.15, 0.2) is 0 Å². The smallest absolute Gasteiger partial charge is 0.0589 e. The fourth-order valence-electron chi connectivity index (χ4n) is 2.50. The van der Waals surface area contributed by atoms with E-state index in [0.717, 1.165) is 44.0 Å². The quantitative estimate of drug-likeness (QED) is 0.637. The molecule has 0 bridgehead atoms. The lowest BCUT2D eigenvalue weighted by Crippen LogP contribution is -2.40. The minimum atomic E-state index is 0.727. The van der Waals surface area contributed by atoms with Crippen molar-refractivity contribution >= 4 is 0 Å². The average molecular weight is 242 g/mol. The zero-order valence-electron chi connectivity index (χ0n) is 11.8. The third-order valence-electron chi connectivity index (χ3n) is 3.91. The molecule has 1 aliphatic rings. The third-order valence-corrected chi connectivity index (χ3v) is 3.91. The van der Waals surface area contributed by atoms with Crippen LogP contribution in [0.25, 0.3) is 0 Å². The zero-order chi connectivity index (χ0) is 12.7. The lowest BCUT2D eigenvalue weighted by Gasteiger charge is -2.31. The molecule has 1 fully saturated rings. The predicted molar refractivity (Wildman–Crippen MR) is 73.1 cm³/mol. The number of ether oxygens (including phenoxy) is 1. The van der Waals surface area contributed by atoms with Crippen LogP contribution in [0.5, 0.6) is 0 Å². The van der Waals surface area contributed by atoms with Gasteiger partial charge in [0.2, 0.25) is 0 Å². The Morgan fingerprint density at radius 2 is 2.06 bits per heavy atom. The molecule has 2 atom stereocenters. The van der Waals surface area contributed by atoms with E-state index >= 15 is 0 Å². The molecule has 0 spiro atoms. The molecule has 0 aromatic carbocycles. The van der Waals surface area contributed by atoms with Gasteiger partial charge in [-0.05, 0) is 51.0 Å². The molecule has 0 aromatic rings. The number of nitrogens with zero attached hydrogens (tertiary/aromatic N) is 1. The first kappa shape index (κ1) is 14.9. The summed E-state index contributed by atoms with van der Waals surface area (Å²) in [5.74, 6) is 1.69. The second-order valence-corrected chi connectivity index (χ2v) is 5.60. The van der Waals surface area contributed by atoms with E-state index in [1.807, 2.05) is 0 Å². The topological polar surface area (TPSA) is 38.5 Å². The molecule has 2 unspecified atom stereocenters. The standard InChI is InChI=1S/C14H30N2O/c1-12(5-4-8-15)11-16(9-10-17-3)13(2)14-6-7-14/h12-14H,4-11,15H2,1-3H3. The first-order valence-corrected chi connectivity index (χ1v) is 7.12. The minimum absolute atomic E-state index is 0.727. The number of nitrogens with two attached hydrogens (primary N) is 1. The molecule has 1 rings (SSSR count). The van der Waals surface area contributed by atoms with E-state index in [4.69, 9.17) is 10.5 Å². The van der Waals surface area contributed by atoms with Crippen molar-refractivity contribution in [3.63, 3.8) is 0 Å². The Morgan fingerprint density at radius 3 is 2.59 bits per heavy atom. The van der Waals surface area contributed by atoms with Crippen molar-refractivity contribution in [3.05, 3.63) is 0 Å². The van der Waals surface area contributed by atoms with E-state index in [9.17, 15) is 0 Å². The zero-order valence-corrected chi connectivity index (χ0v) is 11.8. The molecule has 3 heteroatoms. The normalized spacial score (nSPS) is 19.6. The second-order valence-electron chi connectivity index (χ2n) is 5.60. The molecule has 0 radical (unpaired) electrons. The first-order chi connectivity index (χ1) is 8.19. The highest BCUT2D eigenvalue weighted by atomic mass is 16.5. The Labute approximate surface area is 107 Å². The van der Waals surface area contributed by atoms with E-state index in [2.05, 4.69) is 18.7 Å². The molecule has 17 heavy (non-hydrogen) atoms. The van der Waals surface area contributed by atoms with Crippen LogP contribution in [-0.2, 0) is 4.74 Å². The van der Waals surface area contributed by atoms with Gasteiger partial charge in [0, 0.05) is 26.2 Å². The summed E-state index contributed by atoms with van der Waals surface area (Å²) < 4.78 is 5.22. The number of methoxy groups -OCH3 is 1. The molecule has 1 aliphatic carbocycles. The molecule has 0 heterocycles. The molecule has 0 saturated heterocycles. The van der Waals surface area contributed by atoms with Crippen LogP contribution in [0.1, 0.15) is 39.5 Å². The van der Waals surface area contributed by atoms with Crippen molar-refractivity contribution in [1.82, 2.24) is 4.90 Å². The molecule has 3 nitrogen and oxygen atoms in total. The van der Waals surface area contributed by atoms with Gasteiger partial charge in [-0.1, -0.05) is 6.92 Å². The summed E-state index contributed by atoms with van der Waals surface area (Å²) in [5, 5.41) is 0. The highest BCUT2D eigenvalue weighted by molar-refractivity contribution is 4.85. The predicted octanol–water partition coefficient (Wildman–Crippen LogP) is 2.11. The number of rotatable bonds is 10. The van der Waals surface area contributed by atoms with E-state index < -0.39 is 0 Å². The van der Waals surface area contributed by atoms with Gasteiger partial charge in [0.15, 0.2) is 0 Å². The van der Waals surface area contributed by atoms with Crippen LogP contribution in [0.4, 0.5) is 0 Å². The van der Waals surface area contributed by atoms with Crippen LogP contribution in [-0.4, -0.2) is 44.3 Å². The molecule has 102 valence electrons. The van der Waals surface area contributed by atoms with Crippen molar-refractivity contribution in [2.45, 2.75) is 45.6 Å². The van der Waals surface area contributed by atoms with Gasteiger partial charge in [0.25, 0.3) is 0 Å². The lowest BCUT2D eigenvalue weighted by molar-refractivity contribution is 0.104. The Bertz CT molecular complexity index is 195. The van der Waals surface area contributed by atoms with Gasteiger partial charge < -0.3 is 10.5 Å². The summed E-state index contributed by atoms with van der Waals surface area (Å²) in [5.41, 5.74) is 5.57. The van der Waals surface area contributed by atoms with Gasteiger partial charge in [-0.25, -0.2) is 0 Å². The van der Waals surface area contributed by atoms with Crippen molar-refractivity contribution in [3.8, 4) is 0 Å². The van der Waals surface area contributed by atoms with Gasteiger partial charge in [0.1, 0.15) is 0 Å². The van der Waals surface area contributed by atoms with Gasteiger partial charge in [-0.2, -0.15) is 0 Å². The van der Waals surface area contributed by atoms with Crippen molar-refractivity contribution in [1.29, 1.82) is 0 Å². The van der Waals surface area contributed by atoms with Crippen molar-refractivity contribution < 1.29 is 4.74 Å². The Kier molecular flexibility index (Phi) is 7.09. The summed E-state index contributed by atoms with van der Waals surface area (Å²) >= 11 is 0. The van der Waals surface area contributed by atoms with E-state index in [0.29, 0.717) is 0 Å². The van der Waals surface area contributed by atoms with Crippen LogP contribution in [0.3, 0.4) is 0 Å². The first-order valence-electron chi connectivity index (χ1n) is 7.12. The minimum Gasteiger partial charge on any atom is -0.383 e.